The molecule has 25 heavy (non-hydrogen) atoms. The molecule has 0 bridgehead atoms. The molecule has 1 aromatic carbocycles. The number of ether oxygens (including phenoxy) is 1. The lowest BCUT2D eigenvalue weighted by molar-refractivity contribution is -0.119. The standard InChI is InChI=1S/C18H26N4O2S/c1-4-5-6-7-13(2)19-16(23)12-25-18-20-17(21-22-18)14-8-10-15(24-3)11-9-14/h8-11,13H,4-7,12H2,1-3H3,(H,19,23)(H,20,21,22). The maximum Gasteiger partial charge on any atom is 0.230 e. The van der Waals surface area contributed by atoms with E-state index in [1.807, 2.05) is 31.2 Å². The van der Waals surface area contributed by atoms with Crippen LogP contribution in [-0.4, -0.2) is 40.0 Å². The number of aromatic amines is 1. The van der Waals surface area contributed by atoms with Crippen LogP contribution >= 0.6 is 11.8 Å². The highest BCUT2D eigenvalue weighted by molar-refractivity contribution is 7.99. The van der Waals surface area contributed by atoms with Gasteiger partial charge in [0.1, 0.15) is 5.75 Å². The molecule has 2 rings (SSSR count). The van der Waals surface area contributed by atoms with Gasteiger partial charge in [-0.25, -0.2) is 4.98 Å². The van der Waals surface area contributed by atoms with Crippen LogP contribution in [0.1, 0.15) is 39.5 Å². The minimum Gasteiger partial charge on any atom is -0.497 e. The molecule has 0 radical (unpaired) electrons. The number of benzene rings is 1. The van der Waals surface area contributed by atoms with Crippen molar-refractivity contribution in [2.24, 2.45) is 0 Å². The zero-order valence-corrected chi connectivity index (χ0v) is 15.9. The summed E-state index contributed by atoms with van der Waals surface area (Å²) in [5.74, 6) is 1.81. The molecule has 0 aliphatic carbocycles. The van der Waals surface area contributed by atoms with Gasteiger partial charge in [-0.05, 0) is 37.6 Å². The molecule has 1 heterocycles. The molecule has 0 fully saturated rings. The van der Waals surface area contributed by atoms with E-state index in [1.54, 1.807) is 7.11 Å². The minimum absolute atomic E-state index is 0.0183. The van der Waals surface area contributed by atoms with Crippen LogP contribution in [0.2, 0.25) is 0 Å². The van der Waals surface area contributed by atoms with Crippen LogP contribution in [-0.2, 0) is 4.79 Å². The van der Waals surface area contributed by atoms with Crippen molar-refractivity contribution in [3.8, 4) is 17.1 Å². The predicted octanol–water partition coefficient (Wildman–Crippen LogP) is 3.66. The second kappa shape index (κ2) is 10.1. The molecule has 1 unspecified atom stereocenters. The molecule has 2 N–H and O–H groups in total. The molecule has 1 aromatic heterocycles. The van der Waals surface area contributed by atoms with E-state index < -0.39 is 0 Å². The number of H-pyrrole nitrogens is 1. The lowest BCUT2D eigenvalue weighted by Gasteiger charge is -2.12. The summed E-state index contributed by atoms with van der Waals surface area (Å²) in [5, 5.41) is 10.7. The third kappa shape index (κ3) is 6.42. The highest BCUT2D eigenvalue weighted by Gasteiger charge is 2.11. The van der Waals surface area contributed by atoms with E-state index in [0.717, 1.165) is 24.2 Å². The van der Waals surface area contributed by atoms with Crippen LogP contribution in [0.25, 0.3) is 11.4 Å². The van der Waals surface area contributed by atoms with Gasteiger partial charge in [-0.3, -0.25) is 9.89 Å². The number of rotatable bonds is 10. The molecule has 1 atom stereocenters. The first-order chi connectivity index (χ1) is 12.1. The molecule has 0 aliphatic heterocycles. The van der Waals surface area contributed by atoms with Crippen LogP contribution in [0.5, 0.6) is 5.75 Å². The summed E-state index contributed by atoms with van der Waals surface area (Å²) in [5.41, 5.74) is 0.925. The Kier molecular flexibility index (Phi) is 7.78. The van der Waals surface area contributed by atoms with Gasteiger partial charge in [0.15, 0.2) is 5.82 Å². The fraction of sp³-hybridized carbons (Fsp3) is 0.500. The van der Waals surface area contributed by atoms with Crippen molar-refractivity contribution in [2.75, 3.05) is 12.9 Å². The zero-order valence-electron chi connectivity index (χ0n) is 15.0. The predicted molar refractivity (Wildman–Crippen MR) is 101 cm³/mol. The molecule has 0 saturated carbocycles. The van der Waals surface area contributed by atoms with E-state index >= 15 is 0 Å². The number of thioether (sulfide) groups is 1. The third-order valence-corrected chi connectivity index (χ3v) is 4.66. The average Bonchev–Trinajstić information content (AvgIpc) is 3.09. The maximum absolute atomic E-state index is 12.0. The first-order valence-electron chi connectivity index (χ1n) is 8.61. The minimum atomic E-state index is 0.0183. The SMILES string of the molecule is CCCCCC(C)NC(=O)CSc1n[nH]c(-c2ccc(OC)cc2)n1. The van der Waals surface area contributed by atoms with Crippen LogP contribution in [0.15, 0.2) is 29.4 Å². The number of methoxy groups -OCH3 is 1. The number of amides is 1. The van der Waals surface area contributed by atoms with Crippen molar-refractivity contribution >= 4 is 17.7 Å². The Morgan fingerprint density at radius 3 is 2.76 bits per heavy atom. The summed E-state index contributed by atoms with van der Waals surface area (Å²) >= 11 is 1.33. The number of hydrogen-bond donors (Lipinski definition) is 2. The molecule has 2 aromatic rings. The molecular weight excluding hydrogens is 336 g/mol. The van der Waals surface area contributed by atoms with Gasteiger partial charge in [-0.2, -0.15) is 0 Å². The van der Waals surface area contributed by atoms with Gasteiger partial charge in [0.25, 0.3) is 0 Å². The third-order valence-electron chi connectivity index (χ3n) is 3.81. The smallest absolute Gasteiger partial charge is 0.230 e. The van der Waals surface area contributed by atoms with E-state index in [4.69, 9.17) is 4.74 Å². The largest absolute Gasteiger partial charge is 0.497 e. The highest BCUT2D eigenvalue weighted by atomic mass is 32.2. The summed E-state index contributed by atoms with van der Waals surface area (Å²) in [7, 11) is 1.63. The molecule has 7 heteroatoms. The van der Waals surface area contributed by atoms with E-state index in [1.165, 1.54) is 24.6 Å². The highest BCUT2D eigenvalue weighted by Crippen LogP contribution is 2.21. The van der Waals surface area contributed by atoms with Gasteiger partial charge < -0.3 is 10.1 Å². The van der Waals surface area contributed by atoms with Crippen LogP contribution in [0.3, 0.4) is 0 Å². The van der Waals surface area contributed by atoms with Crippen molar-refractivity contribution in [2.45, 2.75) is 50.7 Å². The lowest BCUT2D eigenvalue weighted by Crippen LogP contribution is -2.33. The number of aromatic nitrogens is 3. The second-order valence-corrected chi connectivity index (χ2v) is 6.89. The first-order valence-corrected chi connectivity index (χ1v) is 9.60. The van der Waals surface area contributed by atoms with Gasteiger partial charge in [0.05, 0.1) is 12.9 Å². The second-order valence-electron chi connectivity index (χ2n) is 5.95. The van der Waals surface area contributed by atoms with Crippen molar-refractivity contribution < 1.29 is 9.53 Å². The number of carbonyl (C=O) groups is 1. The van der Waals surface area contributed by atoms with Gasteiger partial charge in [-0.1, -0.05) is 37.9 Å². The summed E-state index contributed by atoms with van der Waals surface area (Å²) < 4.78 is 5.14. The lowest BCUT2D eigenvalue weighted by atomic mass is 10.1. The molecule has 136 valence electrons. The van der Waals surface area contributed by atoms with Crippen molar-refractivity contribution in [1.82, 2.24) is 20.5 Å². The number of carbonyl (C=O) groups excluding carboxylic acids is 1. The van der Waals surface area contributed by atoms with Crippen molar-refractivity contribution in [3.63, 3.8) is 0 Å². The Morgan fingerprint density at radius 2 is 2.08 bits per heavy atom. The number of nitrogens with one attached hydrogen (secondary N) is 2. The zero-order chi connectivity index (χ0) is 18.1. The van der Waals surface area contributed by atoms with Crippen LogP contribution in [0.4, 0.5) is 0 Å². The first kappa shape index (κ1) is 19.3. The normalized spacial score (nSPS) is 12.0. The summed E-state index contributed by atoms with van der Waals surface area (Å²) in [6, 6.07) is 7.79. The van der Waals surface area contributed by atoms with Crippen molar-refractivity contribution in [3.05, 3.63) is 24.3 Å². The Balaban J connectivity index is 1.79. The quantitative estimate of drug-likeness (QED) is 0.498. The molecular formula is C18H26N4O2S. The topological polar surface area (TPSA) is 79.9 Å². The summed E-state index contributed by atoms with van der Waals surface area (Å²) in [6.07, 6.45) is 4.57. The summed E-state index contributed by atoms with van der Waals surface area (Å²) in [4.78, 5) is 16.4. The Bertz CT molecular complexity index is 657. The molecule has 0 saturated heterocycles. The Morgan fingerprint density at radius 1 is 1.32 bits per heavy atom. The monoisotopic (exact) mass is 362 g/mol. The van der Waals surface area contributed by atoms with E-state index in [-0.39, 0.29) is 11.9 Å². The fourth-order valence-electron chi connectivity index (χ4n) is 2.41. The Labute approximate surface area is 153 Å². The van der Waals surface area contributed by atoms with Crippen molar-refractivity contribution in [1.29, 1.82) is 0 Å². The molecule has 1 amide bonds. The Hall–Kier alpha value is -2.02. The molecule has 0 aliphatic rings. The van der Waals surface area contributed by atoms with E-state index in [2.05, 4.69) is 27.4 Å². The van der Waals surface area contributed by atoms with Gasteiger partial charge in [0.2, 0.25) is 11.1 Å². The number of nitrogens with zero attached hydrogens (tertiary/aromatic N) is 2. The molecule has 0 spiro atoms. The van der Waals surface area contributed by atoms with Gasteiger partial charge in [0, 0.05) is 11.6 Å². The number of hydrogen-bond acceptors (Lipinski definition) is 5. The fourth-order valence-corrected chi connectivity index (χ4v) is 3.02. The van der Waals surface area contributed by atoms with Crippen LogP contribution < -0.4 is 10.1 Å². The maximum atomic E-state index is 12.0. The van der Waals surface area contributed by atoms with Gasteiger partial charge in [-0.15, -0.1) is 5.10 Å². The van der Waals surface area contributed by atoms with Gasteiger partial charge >= 0.3 is 0 Å². The number of unbranched alkanes of at least 4 members (excludes halogenated alkanes) is 2. The van der Waals surface area contributed by atoms with Crippen LogP contribution in [0, 0.1) is 0 Å². The average molecular weight is 362 g/mol. The molecule has 6 nitrogen and oxygen atoms in total. The summed E-state index contributed by atoms with van der Waals surface area (Å²) in [6.45, 7) is 4.23. The van der Waals surface area contributed by atoms with E-state index in [0.29, 0.717) is 16.7 Å². The van der Waals surface area contributed by atoms with E-state index in [9.17, 15) is 4.79 Å².